The summed E-state index contributed by atoms with van der Waals surface area (Å²) in [6.45, 7) is 2.80. The molecule has 1 heterocycles. The summed E-state index contributed by atoms with van der Waals surface area (Å²) in [7, 11) is 0. The lowest BCUT2D eigenvalue weighted by atomic mass is 10.0. The molecule has 0 amide bonds. The van der Waals surface area contributed by atoms with Gasteiger partial charge in [-0.3, -0.25) is 4.79 Å². The van der Waals surface area contributed by atoms with E-state index in [1.54, 1.807) is 6.07 Å². The van der Waals surface area contributed by atoms with E-state index in [1.165, 1.54) is 22.8 Å². The summed E-state index contributed by atoms with van der Waals surface area (Å²) in [6, 6.07) is 24.6. The van der Waals surface area contributed by atoms with Crippen LogP contribution in [-0.2, 0) is 0 Å². The molecule has 3 aromatic carbocycles. The van der Waals surface area contributed by atoms with Gasteiger partial charge in [-0.2, -0.15) is 0 Å². The molecular weight excluding hydrogens is 384 g/mol. The predicted molar refractivity (Wildman–Crippen MR) is 127 cm³/mol. The Morgan fingerprint density at radius 2 is 1.81 bits per heavy atom. The predicted octanol–water partition coefficient (Wildman–Crippen LogP) is 5.23. The number of fused-ring (bicyclic) bond motifs is 2. The van der Waals surface area contributed by atoms with Crippen molar-refractivity contribution in [3.05, 3.63) is 88.7 Å². The Morgan fingerprint density at radius 1 is 0.935 bits per heavy atom. The van der Waals surface area contributed by atoms with Crippen LogP contribution in [0.3, 0.4) is 0 Å². The Labute approximate surface area is 182 Å². The first kappa shape index (κ1) is 19.8. The highest BCUT2D eigenvalue weighted by Gasteiger charge is 2.38. The summed E-state index contributed by atoms with van der Waals surface area (Å²) in [6.07, 6.45) is 3.39. The number of aromatic nitrogens is 1. The third kappa shape index (κ3) is 4.64. The van der Waals surface area contributed by atoms with Gasteiger partial charge in [-0.1, -0.05) is 42.5 Å². The van der Waals surface area contributed by atoms with Crippen molar-refractivity contribution >= 4 is 21.7 Å². The van der Waals surface area contributed by atoms with E-state index in [1.807, 2.05) is 24.3 Å². The molecular formula is C27H28N2O2. The van der Waals surface area contributed by atoms with Gasteiger partial charge in [0, 0.05) is 12.1 Å². The molecule has 0 spiro atoms. The van der Waals surface area contributed by atoms with Gasteiger partial charge in [-0.15, -0.1) is 0 Å². The van der Waals surface area contributed by atoms with Crippen LogP contribution in [0.4, 0.5) is 0 Å². The van der Waals surface area contributed by atoms with Gasteiger partial charge < -0.3 is 15.0 Å². The lowest BCUT2D eigenvalue weighted by Gasteiger charge is -2.09. The van der Waals surface area contributed by atoms with Crippen LogP contribution in [0, 0.1) is 5.92 Å². The van der Waals surface area contributed by atoms with Crippen LogP contribution in [0.2, 0.25) is 0 Å². The Hall–Kier alpha value is -3.11. The normalized spacial score (nSPS) is 17.8. The van der Waals surface area contributed by atoms with Crippen molar-refractivity contribution in [2.75, 3.05) is 19.7 Å². The lowest BCUT2D eigenvalue weighted by Crippen LogP contribution is -2.19. The molecule has 5 rings (SSSR count). The number of aromatic amines is 1. The van der Waals surface area contributed by atoms with E-state index in [0.29, 0.717) is 12.5 Å². The van der Waals surface area contributed by atoms with Gasteiger partial charge >= 0.3 is 0 Å². The largest absolute Gasteiger partial charge is 0.494 e. The van der Waals surface area contributed by atoms with Gasteiger partial charge in [0.25, 0.3) is 0 Å². The first-order valence-electron chi connectivity index (χ1n) is 11.2. The molecule has 2 atom stereocenters. The number of ether oxygens (including phenoxy) is 1. The molecule has 1 aromatic heterocycles. The van der Waals surface area contributed by atoms with Crippen LogP contribution >= 0.6 is 0 Å². The summed E-state index contributed by atoms with van der Waals surface area (Å²) in [5.41, 5.74) is 2.24. The smallest absolute Gasteiger partial charge is 0.248 e. The third-order valence-corrected chi connectivity index (χ3v) is 6.27. The van der Waals surface area contributed by atoms with Crippen molar-refractivity contribution < 1.29 is 4.74 Å². The fourth-order valence-electron chi connectivity index (χ4n) is 4.48. The summed E-state index contributed by atoms with van der Waals surface area (Å²) < 4.78 is 5.86. The fraction of sp³-hybridized carbons (Fsp3) is 0.296. The third-order valence-electron chi connectivity index (χ3n) is 6.27. The zero-order valence-corrected chi connectivity index (χ0v) is 17.6. The van der Waals surface area contributed by atoms with E-state index in [4.69, 9.17) is 4.74 Å². The molecule has 0 unspecified atom stereocenters. The van der Waals surface area contributed by atoms with Crippen molar-refractivity contribution in [3.8, 4) is 5.75 Å². The summed E-state index contributed by atoms with van der Waals surface area (Å²) in [4.78, 5) is 14.3. The SMILES string of the molecule is O=c1ccc2ccc(OCCCCNC[C@@H]3C[C@H]3c3cccc4ccccc34)cc2[nH]1. The average molecular weight is 413 g/mol. The zero-order chi connectivity index (χ0) is 21.0. The van der Waals surface area contributed by atoms with E-state index in [-0.39, 0.29) is 5.56 Å². The zero-order valence-electron chi connectivity index (χ0n) is 17.6. The number of nitrogens with one attached hydrogen (secondary N) is 2. The van der Waals surface area contributed by atoms with Crippen LogP contribution in [0.25, 0.3) is 21.7 Å². The molecule has 2 N–H and O–H groups in total. The molecule has 158 valence electrons. The van der Waals surface area contributed by atoms with Gasteiger partial charge in [-0.25, -0.2) is 0 Å². The van der Waals surface area contributed by atoms with Crippen LogP contribution in [-0.4, -0.2) is 24.7 Å². The highest BCUT2D eigenvalue weighted by molar-refractivity contribution is 5.86. The van der Waals surface area contributed by atoms with Crippen LogP contribution < -0.4 is 15.6 Å². The second kappa shape index (κ2) is 8.94. The van der Waals surface area contributed by atoms with Gasteiger partial charge in [0.15, 0.2) is 0 Å². The van der Waals surface area contributed by atoms with Crippen molar-refractivity contribution in [2.45, 2.75) is 25.2 Å². The van der Waals surface area contributed by atoms with Crippen LogP contribution in [0.5, 0.6) is 5.75 Å². The first-order valence-corrected chi connectivity index (χ1v) is 11.2. The van der Waals surface area contributed by atoms with E-state index in [9.17, 15) is 4.79 Å². The molecule has 0 bridgehead atoms. The van der Waals surface area contributed by atoms with Crippen molar-refractivity contribution in [1.29, 1.82) is 0 Å². The van der Waals surface area contributed by atoms with Crippen LogP contribution in [0.1, 0.15) is 30.7 Å². The number of unbranched alkanes of at least 4 members (excludes halogenated alkanes) is 1. The quantitative estimate of drug-likeness (QED) is 0.370. The van der Waals surface area contributed by atoms with Gasteiger partial charge in [0.2, 0.25) is 5.56 Å². The van der Waals surface area contributed by atoms with E-state index in [2.05, 4.69) is 52.8 Å². The minimum Gasteiger partial charge on any atom is -0.494 e. The van der Waals surface area contributed by atoms with Crippen LogP contribution in [0.15, 0.2) is 77.6 Å². The number of benzene rings is 3. The summed E-state index contributed by atoms with van der Waals surface area (Å²) in [5.74, 6) is 2.25. The van der Waals surface area contributed by atoms with Crippen molar-refractivity contribution in [1.82, 2.24) is 10.3 Å². The fourth-order valence-corrected chi connectivity index (χ4v) is 4.48. The molecule has 1 fully saturated rings. The summed E-state index contributed by atoms with van der Waals surface area (Å²) in [5, 5.41) is 7.39. The minimum absolute atomic E-state index is 0.0888. The standard InChI is InChI=1S/C27H28N2O2/c30-27-13-11-20-10-12-22(17-26(20)29-27)31-15-4-3-14-28-18-21-16-25(21)24-9-5-7-19-6-1-2-8-23(19)24/h1-2,5-13,17,21,25,28H,3-4,14-16,18H2,(H,29,30)/t21-,25+/m0/s1. The number of hydrogen-bond donors (Lipinski definition) is 2. The minimum atomic E-state index is -0.0888. The molecule has 1 aliphatic carbocycles. The van der Waals surface area contributed by atoms with Gasteiger partial charge in [0.1, 0.15) is 5.75 Å². The molecule has 1 aliphatic rings. The number of hydrogen-bond acceptors (Lipinski definition) is 3. The molecule has 1 saturated carbocycles. The van der Waals surface area contributed by atoms with Gasteiger partial charge in [-0.05, 0) is 84.1 Å². The van der Waals surface area contributed by atoms with Gasteiger partial charge in [0.05, 0.1) is 12.1 Å². The molecule has 0 aliphatic heterocycles. The molecule has 0 saturated heterocycles. The maximum absolute atomic E-state index is 11.5. The molecule has 4 heteroatoms. The molecule has 4 nitrogen and oxygen atoms in total. The second-order valence-electron chi connectivity index (χ2n) is 8.50. The Kier molecular flexibility index (Phi) is 5.72. The lowest BCUT2D eigenvalue weighted by molar-refractivity contribution is 0.306. The maximum atomic E-state index is 11.5. The van der Waals surface area contributed by atoms with E-state index in [0.717, 1.165) is 48.5 Å². The average Bonchev–Trinajstić information content (AvgIpc) is 3.57. The van der Waals surface area contributed by atoms with Crippen molar-refractivity contribution in [3.63, 3.8) is 0 Å². The van der Waals surface area contributed by atoms with Crippen molar-refractivity contribution in [2.24, 2.45) is 5.92 Å². The maximum Gasteiger partial charge on any atom is 0.248 e. The second-order valence-corrected chi connectivity index (χ2v) is 8.50. The Morgan fingerprint density at radius 3 is 2.77 bits per heavy atom. The van der Waals surface area contributed by atoms with E-state index >= 15 is 0 Å². The molecule has 0 radical (unpaired) electrons. The number of pyridine rings is 1. The number of H-pyrrole nitrogens is 1. The monoisotopic (exact) mass is 412 g/mol. The first-order chi connectivity index (χ1) is 15.3. The molecule has 31 heavy (non-hydrogen) atoms. The Bertz CT molecular complexity index is 1240. The topological polar surface area (TPSA) is 54.1 Å². The summed E-state index contributed by atoms with van der Waals surface area (Å²) >= 11 is 0. The highest BCUT2D eigenvalue weighted by atomic mass is 16.5. The Balaban J connectivity index is 1.02. The highest BCUT2D eigenvalue weighted by Crippen LogP contribution is 2.48. The molecule has 4 aromatic rings. The van der Waals surface area contributed by atoms with E-state index < -0.39 is 0 Å². The number of rotatable bonds is 9.